The summed E-state index contributed by atoms with van der Waals surface area (Å²) >= 11 is 0. The Balaban J connectivity index is 1.89. The van der Waals surface area contributed by atoms with E-state index in [1.165, 1.54) is 0 Å². The number of allylic oxidation sites excluding steroid dienone is 2. The molecular weight excluding hydrogens is 270 g/mol. The van der Waals surface area contributed by atoms with Crippen LogP contribution in [0.15, 0.2) is 49.1 Å². The quantitative estimate of drug-likeness (QED) is 0.650. The van der Waals surface area contributed by atoms with Crippen molar-refractivity contribution in [1.82, 2.24) is 0 Å². The first-order valence-corrected chi connectivity index (χ1v) is 7.44. The summed E-state index contributed by atoms with van der Waals surface area (Å²) in [5, 5.41) is 0. The predicted octanol–water partition coefficient (Wildman–Crippen LogP) is 5.52. The fraction of sp³-hybridized carbons (Fsp3) is 0.444. The van der Waals surface area contributed by atoms with E-state index in [4.69, 9.17) is 4.74 Å². The third kappa shape index (κ3) is 5.00. The van der Waals surface area contributed by atoms with Crippen molar-refractivity contribution in [2.45, 2.75) is 38.7 Å². The zero-order chi connectivity index (χ0) is 15.3. The maximum atomic E-state index is 13.8. The third-order valence-electron chi connectivity index (χ3n) is 3.99. The molecule has 0 spiro atoms. The van der Waals surface area contributed by atoms with Gasteiger partial charge in [-0.1, -0.05) is 29.8 Å². The average molecular weight is 292 g/mol. The van der Waals surface area contributed by atoms with E-state index in [2.05, 4.69) is 6.58 Å². The number of alkyl halides is 2. The van der Waals surface area contributed by atoms with Crippen LogP contribution in [-0.2, 0) is 0 Å². The fourth-order valence-corrected chi connectivity index (χ4v) is 2.62. The van der Waals surface area contributed by atoms with Crippen molar-refractivity contribution in [3.63, 3.8) is 0 Å². The maximum absolute atomic E-state index is 13.8. The van der Waals surface area contributed by atoms with Crippen molar-refractivity contribution in [3.8, 4) is 5.75 Å². The van der Waals surface area contributed by atoms with Crippen molar-refractivity contribution in [3.05, 3.63) is 54.6 Å². The van der Waals surface area contributed by atoms with Gasteiger partial charge in [0.2, 0.25) is 0 Å². The standard InChI is InChI=1S/C18H22F2O/c1-3-15-6-8-16(9-7-15)12-13-18(19,20)21-17-10-4-14(2)5-11-17/h3-5,10-13,15-16H,1,6-9H2,2H3/b13-12+. The van der Waals surface area contributed by atoms with Gasteiger partial charge in [-0.15, -0.1) is 6.58 Å². The van der Waals surface area contributed by atoms with Gasteiger partial charge in [-0.05, 0) is 56.6 Å². The minimum absolute atomic E-state index is 0.186. The molecule has 1 aromatic carbocycles. The van der Waals surface area contributed by atoms with Gasteiger partial charge in [0.15, 0.2) is 0 Å². The van der Waals surface area contributed by atoms with Crippen molar-refractivity contribution in [2.24, 2.45) is 11.8 Å². The van der Waals surface area contributed by atoms with Crippen LogP contribution >= 0.6 is 0 Å². The van der Waals surface area contributed by atoms with Gasteiger partial charge in [-0.2, -0.15) is 8.78 Å². The molecule has 21 heavy (non-hydrogen) atoms. The lowest BCUT2D eigenvalue weighted by molar-refractivity contribution is -0.132. The minimum atomic E-state index is -3.26. The Kier molecular flexibility index (Phi) is 5.16. The highest BCUT2D eigenvalue weighted by Crippen LogP contribution is 2.31. The monoisotopic (exact) mass is 292 g/mol. The second-order valence-electron chi connectivity index (χ2n) is 5.75. The largest absolute Gasteiger partial charge is 0.429 e. The van der Waals surface area contributed by atoms with Crippen molar-refractivity contribution < 1.29 is 13.5 Å². The molecule has 0 aromatic heterocycles. The lowest BCUT2D eigenvalue weighted by atomic mass is 9.82. The minimum Gasteiger partial charge on any atom is -0.429 e. The van der Waals surface area contributed by atoms with E-state index in [0.717, 1.165) is 37.3 Å². The molecular formula is C18H22F2O. The summed E-state index contributed by atoms with van der Waals surface area (Å²) in [4.78, 5) is 0. The number of halogens is 2. The predicted molar refractivity (Wildman–Crippen MR) is 81.5 cm³/mol. The fourth-order valence-electron chi connectivity index (χ4n) is 2.62. The molecule has 3 heteroatoms. The van der Waals surface area contributed by atoms with Crippen LogP contribution < -0.4 is 4.74 Å². The SMILES string of the molecule is C=CC1CCC(/C=C/C(F)(F)Oc2ccc(C)cc2)CC1. The molecule has 1 saturated carbocycles. The van der Waals surface area contributed by atoms with E-state index in [1.54, 1.807) is 30.3 Å². The van der Waals surface area contributed by atoms with Crippen molar-refractivity contribution in [2.75, 3.05) is 0 Å². The van der Waals surface area contributed by atoms with E-state index >= 15 is 0 Å². The van der Waals surface area contributed by atoms with Gasteiger partial charge in [0.25, 0.3) is 0 Å². The van der Waals surface area contributed by atoms with E-state index in [9.17, 15) is 8.78 Å². The molecule has 0 atom stereocenters. The molecule has 1 aromatic rings. The summed E-state index contributed by atoms with van der Waals surface area (Å²) in [6, 6.07) is 6.64. The first-order chi connectivity index (χ1) is 9.98. The van der Waals surface area contributed by atoms with Crippen LogP contribution in [0.25, 0.3) is 0 Å². The summed E-state index contributed by atoms with van der Waals surface area (Å²) in [5.41, 5.74) is 1.01. The Morgan fingerprint density at radius 3 is 2.24 bits per heavy atom. The molecule has 114 valence electrons. The van der Waals surface area contributed by atoms with Gasteiger partial charge in [0.05, 0.1) is 0 Å². The second kappa shape index (κ2) is 6.88. The first kappa shape index (κ1) is 15.7. The molecule has 0 N–H and O–H groups in total. The molecule has 1 nitrogen and oxygen atoms in total. The molecule has 0 bridgehead atoms. The number of hydrogen-bond acceptors (Lipinski definition) is 1. The van der Waals surface area contributed by atoms with Crippen molar-refractivity contribution in [1.29, 1.82) is 0 Å². The topological polar surface area (TPSA) is 9.23 Å². The van der Waals surface area contributed by atoms with Crippen LogP contribution in [-0.4, -0.2) is 6.11 Å². The highest BCUT2D eigenvalue weighted by molar-refractivity contribution is 5.27. The van der Waals surface area contributed by atoms with Gasteiger partial charge in [0.1, 0.15) is 5.75 Å². The normalized spacial score (nSPS) is 23.2. The Morgan fingerprint density at radius 2 is 1.67 bits per heavy atom. The average Bonchev–Trinajstić information content (AvgIpc) is 2.48. The van der Waals surface area contributed by atoms with Gasteiger partial charge in [0, 0.05) is 6.08 Å². The molecule has 2 rings (SSSR count). The van der Waals surface area contributed by atoms with E-state index in [0.29, 0.717) is 5.92 Å². The van der Waals surface area contributed by atoms with Crippen LogP contribution in [0.5, 0.6) is 5.75 Å². The Labute approximate surface area is 125 Å². The number of aryl methyl sites for hydroxylation is 1. The molecule has 1 aliphatic carbocycles. The van der Waals surface area contributed by atoms with Crippen LogP contribution in [0, 0.1) is 18.8 Å². The first-order valence-electron chi connectivity index (χ1n) is 7.44. The van der Waals surface area contributed by atoms with Crippen LogP contribution in [0.2, 0.25) is 0 Å². The summed E-state index contributed by atoms with van der Waals surface area (Å²) in [7, 11) is 0. The number of ether oxygens (including phenoxy) is 1. The lowest BCUT2D eigenvalue weighted by Crippen LogP contribution is -2.22. The lowest BCUT2D eigenvalue weighted by Gasteiger charge is -2.24. The van der Waals surface area contributed by atoms with E-state index < -0.39 is 6.11 Å². The summed E-state index contributed by atoms with van der Waals surface area (Å²) < 4.78 is 32.3. The highest BCUT2D eigenvalue weighted by Gasteiger charge is 2.28. The molecule has 0 amide bonds. The summed E-state index contributed by atoms with van der Waals surface area (Å²) in [6.07, 6.45) is 5.15. The molecule has 0 radical (unpaired) electrons. The van der Waals surface area contributed by atoms with E-state index in [-0.39, 0.29) is 11.7 Å². The molecule has 0 heterocycles. The Morgan fingerprint density at radius 1 is 1.10 bits per heavy atom. The van der Waals surface area contributed by atoms with Gasteiger partial charge < -0.3 is 4.74 Å². The molecule has 0 aliphatic heterocycles. The van der Waals surface area contributed by atoms with E-state index in [1.807, 2.05) is 13.0 Å². The van der Waals surface area contributed by atoms with Gasteiger partial charge in [-0.25, -0.2) is 0 Å². The van der Waals surface area contributed by atoms with Crippen molar-refractivity contribution >= 4 is 0 Å². The van der Waals surface area contributed by atoms with Crippen LogP contribution in [0.4, 0.5) is 8.78 Å². The number of benzene rings is 1. The molecule has 0 unspecified atom stereocenters. The molecule has 1 aliphatic rings. The third-order valence-corrected chi connectivity index (χ3v) is 3.99. The molecule has 1 fully saturated rings. The van der Waals surface area contributed by atoms with Crippen LogP contribution in [0.3, 0.4) is 0 Å². The second-order valence-corrected chi connectivity index (χ2v) is 5.75. The number of hydrogen-bond donors (Lipinski definition) is 0. The highest BCUT2D eigenvalue weighted by atomic mass is 19.3. The van der Waals surface area contributed by atoms with Gasteiger partial charge in [-0.3, -0.25) is 0 Å². The zero-order valence-corrected chi connectivity index (χ0v) is 12.4. The van der Waals surface area contributed by atoms with Gasteiger partial charge >= 0.3 is 6.11 Å². The Bertz CT molecular complexity index is 482. The Hall–Kier alpha value is -1.64. The number of rotatable bonds is 5. The van der Waals surface area contributed by atoms with Crippen LogP contribution in [0.1, 0.15) is 31.2 Å². The molecule has 0 saturated heterocycles. The zero-order valence-electron chi connectivity index (χ0n) is 12.4. The summed E-state index contributed by atoms with van der Waals surface area (Å²) in [6.45, 7) is 5.69. The summed E-state index contributed by atoms with van der Waals surface area (Å²) in [5.74, 6) is 0.943. The smallest absolute Gasteiger partial charge is 0.419 e. The maximum Gasteiger partial charge on any atom is 0.419 e.